The van der Waals surface area contributed by atoms with Crippen LogP contribution >= 0.6 is 11.6 Å². The van der Waals surface area contributed by atoms with E-state index in [2.05, 4.69) is 83.5 Å². The van der Waals surface area contributed by atoms with E-state index >= 15 is 0 Å². The first-order valence-electron chi connectivity index (χ1n) is 36.4. The number of nitro benzene ring substituents is 2. The summed E-state index contributed by atoms with van der Waals surface area (Å²) in [5, 5.41) is 53.0. The van der Waals surface area contributed by atoms with Gasteiger partial charge in [-0.25, -0.2) is 29.9 Å². The van der Waals surface area contributed by atoms with Gasteiger partial charge < -0.3 is 22.1 Å². The van der Waals surface area contributed by atoms with Gasteiger partial charge in [-0.05, 0) is 79.7 Å². The second kappa shape index (κ2) is 43.6. The molecule has 33 nitrogen and oxygen atoms in total. The minimum absolute atomic E-state index is 0.0233. The van der Waals surface area contributed by atoms with Crippen molar-refractivity contribution in [3.8, 4) is 74.1 Å². The van der Waals surface area contributed by atoms with Gasteiger partial charge in [0.25, 0.3) is 51.8 Å². The van der Waals surface area contributed by atoms with Gasteiger partial charge in [0, 0.05) is 89.8 Å². The number of anilines is 4. The first-order valence-corrected chi connectivity index (χ1v) is 42.7. The van der Waals surface area contributed by atoms with Crippen LogP contribution < -0.4 is 22.1 Å². The first-order chi connectivity index (χ1) is 59.9. The molecule has 10 N–H and O–H groups in total. The Kier molecular flexibility index (Phi) is 32.5. The van der Waals surface area contributed by atoms with Crippen molar-refractivity contribution in [2.24, 2.45) is 0 Å². The number of aromatic nitrogens is 8. The number of nitrogens with two attached hydrogens (primary N) is 2. The van der Waals surface area contributed by atoms with Crippen LogP contribution in [0, 0.1) is 54.2 Å². The number of benzene rings is 12. The molecule has 0 amide bonds. The molecule has 0 radical (unpaired) electrons. The van der Waals surface area contributed by atoms with Gasteiger partial charge >= 0.3 is 0 Å². The van der Waals surface area contributed by atoms with Crippen molar-refractivity contribution in [2.45, 2.75) is 26.5 Å². The molecule has 4 heterocycles. The fourth-order valence-corrected chi connectivity index (χ4v) is 15.2. The van der Waals surface area contributed by atoms with Gasteiger partial charge in [0.2, 0.25) is 0 Å². The highest BCUT2D eigenvalue weighted by atomic mass is 35.5. The van der Waals surface area contributed by atoms with E-state index in [9.17, 15) is 53.9 Å². The summed E-state index contributed by atoms with van der Waals surface area (Å²) in [6.07, 6.45) is 11.9. The third-order valence-corrected chi connectivity index (χ3v) is 21.3. The van der Waals surface area contributed by atoms with Gasteiger partial charge in [-0.1, -0.05) is 188 Å². The number of para-hydroxylation sites is 8. The molecule has 12 aromatic carbocycles. The molecule has 0 atom stereocenters. The van der Waals surface area contributed by atoms with Crippen LogP contribution in [0.2, 0.25) is 0 Å². The van der Waals surface area contributed by atoms with E-state index in [1.54, 1.807) is 49.3 Å². The van der Waals surface area contributed by atoms with Crippen LogP contribution in [0.1, 0.15) is 6.92 Å². The normalized spacial score (nSPS) is 10.7. The molecule has 0 bridgehead atoms. The lowest BCUT2D eigenvalue weighted by atomic mass is 10.0. The van der Waals surface area contributed by atoms with Crippen molar-refractivity contribution in [2.75, 3.05) is 41.1 Å². The maximum atomic E-state index is 11.2. The van der Waals surface area contributed by atoms with Gasteiger partial charge in [0.1, 0.15) is 74.9 Å². The van der Waals surface area contributed by atoms with Crippen molar-refractivity contribution in [3.63, 3.8) is 0 Å². The largest absolute Gasteiger partial charge is 0.398 e. The van der Waals surface area contributed by atoms with Crippen molar-refractivity contribution < 1.29 is 61.7 Å². The predicted molar refractivity (Wildman–Crippen MR) is 478 cm³/mol. The zero-order chi connectivity index (χ0) is 90.4. The SMILES string of the molecule is C=CC.N#CCCl.N#CCNc1ccccc1-c1ccccc1NCC#N.Nc1ccccc1-c1ccccc1N.O=S(=O)(O)c1cccc2c(S(=O)(=O)O)cccc12.O=S(=O)(O)c1cccc2c(S(=O)(=O)O)cccc12.O=[N+]([O-])c1ccccc1-c1ccccc1[N+](=O)[O-].c1ccc(-n2cnc3ncncc32)c(-c2ccccc2-n2cnc3ncncc32)c1. The second-order valence-electron chi connectivity index (χ2n) is 25.4. The zero-order valence-electron chi connectivity index (χ0n) is 65.4. The zero-order valence-corrected chi connectivity index (χ0v) is 69.5. The Morgan fingerprint density at radius 2 is 0.680 bits per heavy atom. The smallest absolute Gasteiger partial charge is 0.295 e. The third kappa shape index (κ3) is 24.2. The summed E-state index contributed by atoms with van der Waals surface area (Å²) in [6, 6.07) is 80.3. The van der Waals surface area contributed by atoms with Gasteiger partial charge in [-0.15, -0.1) is 18.2 Å². The number of nitrogens with zero attached hydrogens (tertiary/aromatic N) is 13. The highest BCUT2D eigenvalue weighted by Gasteiger charge is 2.25. The van der Waals surface area contributed by atoms with Crippen LogP contribution in [-0.4, -0.2) is 120 Å². The summed E-state index contributed by atoms with van der Waals surface area (Å²) in [7, 11) is -17.9. The lowest BCUT2D eigenvalue weighted by Gasteiger charge is -2.15. The molecule has 0 spiro atoms. The maximum Gasteiger partial charge on any atom is 0.295 e. The molecule has 0 aliphatic carbocycles. The van der Waals surface area contributed by atoms with Crippen LogP contribution in [0.15, 0.2) is 337 Å². The number of hydrogen-bond acceptors (Lipinski definition) is 25. The molecular formula is C87H72ClN17O16S4. The van der Waals surface area contributed by atoms with E-state index in [0.29, 0.717) is 11.3 Å². The maximum absolute atomic E-state index is 11.2. The van der Waals surface area contributed by atoms with E-state index in [1.165, 1.54) is 97.6 Å². The van der Waals surface area contributed by atoms with Crippen LogP contribution in [-0.2, 0) is 40.5 Å². The Labute approximate surface area is 721 Å². The Hall–Kier alpha value is -15.6. The number of halogens is 1. The molecule has 0 aliphatic heterocycles. The number of alkyl halides is 1. The van der Waals surface area contributed by atoms with E-state index in [0.717, 1.165) is 103 Å². The van der Waals surface area contributed by atoms with Crippen LogP contribution in [0.4, 0.5) is 34.1 Å². The number of fused-ring (bicyclic) bond motifs is 4. The minimum Gasteiger partial charge on any atom is -0.398 e. The van der Waals surface area contributed by atoms with E-state index < -0.39 is 69.9 Å². The number of nitrogens with one attached hydrogen (secondary N) is 2. The fraction of sp³-hybridized carbons (Fsp3) is 0.0460. The molecule has 16 aromatic rings. The van der Waals surface area contributed by atoms with Crippen LogP contribution in [0.3, 0.4) is 0 Å². The highest BCUT2D eigenvalue weighted by molar-refractivity contribution is 7.87. The molecule has 0 aliphatic rings. The Bertz CT molecular complexity index is 6670. The number of imidazole rings is 2. The van der Waals surface area contributed by atoms with Crippen molar-refractivity contribution in [1.29, 1.82) is 15.8 Å². The molecule has 0 fully saturated rings. The second-order valence-corrected chi connectivity index (χ2v) is 31.2. The molecule has 16 rings (SSSR count). The third-order valence-electron chi connectivity index (χ3n) is 17.5. The van der Waals surface area contributed by atoms with E-state index in [-0.39, 0.29) is 63.0 Å². The summed E-state index contributed by atoms with van der Waals surface area (Å²) < 4.78 is 129. The Balaban J connectivity index is 0.000000170. The van der Waals surface area contributed by atoms with Gasteiger partial charge in [-0.2, -0.15) is 49.5 Å². The van der Waals surface area contributed by atoms with Gasteiger partial charge in [0.15, 0.2) is 11.3 Å². The molecule has 0 unspecified atom stereocenters. The van der Waals surface area contributed by atoms with Crippen LogP contribution in [0.25, 0.3) is 99.8 Å². The summed E-state index contributed by atoms with van der Waals surface area (Å²) in [6.45, 7) is 5.76. The minimum atomic E-state index is -4.47. The average molecular weight is 1780 g/mol. The molecule has 0 saturated carbocycles. The first kappa shape index (κ1) is 93.3. The fourth-order valence-electron chi connectivity index (χ4n) is 12.4. The lowest BCUT2D eigenvalue weighted by molar-refractivity contribution is -0.386. The van der Waals surface area contributed by atoms with Gasteiger partial charge in [0.05, 0.1) is 62.9 Å². The summed E-state index contributed by atoms with van der Waals surface area (Å²) in [4.78, 5) is 44.8. The molecule has 4 aromatic heterocycles. The summed E-state index contributed by atoms with van der Waals surface area (Å²) >= 11 is 4.82. The molecule has 125 heavy (non-hydrogen) atoms. The predicted octanol–water partition coefficient (Wildman–Crippen LogP) is 17.1. The summed E-state index contributed by atoms with van der Waals surface area (Å²) in [5.74, 6) is 0.0972. The van der Waals surface area contributed by atoms with E-state index in [4.69, 9.17) is 57.1 Å². The number of rotatable bonds is 16. The van der Waals surface area contributed by atoms with Crippen molar-refractivity contribution in [1.82, 2.24) is 39.0 Å². The number of hydrogen-bond donors (Lipinski definition) is 8. The average Bonchev–Trinajstić information content (AvgIpc) is 1.75. The molecule has 38 heteroatoms. The summed E-state index contributed by atoms with van der Waals surface area (Å²) in [5.41, 5.74) is 26.3. The number of nitrogen functional groups attached to an aromatic ring is 2. The van der Waals surface area contributed by atoms with Crippen molar-refractivity contribution in [3.05, 3.63) is 338 Å². The molecule has 0 saturated heterocycles. The Morgan fingerprint density at radius 3 is 0.968 bits per heavy atom. The lowest BCUT2D eigenvalue weighted by Crippen LogP contribution is -2.03. The topological polar surface area (TPSA) is 538 Å². The number of allylic oxidation sites excluding steroid dienone is 1. The standard InChI is InChI=1S/C22H14N8.C16H14N4.C12H8N2O4.C12H12N2.2C10H8O6S2.C3H6.C2H2ClN/c1-3-7-17(29-13-27-21-19(29)9-23-11-25-21)15(5-1)16-6-2-4-8-18(16)30-14-28-22-20(30)10-24-12-26-22;17-9-11-19-15-7-3-1-5-13(15)14-6-2-4-8-16(14)20-12-10-18;15-13(16)11-7-3-1-5-9(11)10-6-2-4-8-12(10)14(17)18;13-11-7-3-1-5-9(11)10-6-2-4-8-12(10)14;2*11-17(12,13)9-5-1-3-7-8(9)4-2-6-10(7)18(14,15)16;1-3-2;3-1-2-4/h1-14H;1-8,19-20H,11-12H2;1-8H;1-8H,13-14H2;2*1-6H,(H,11,12,13)(H,14,15,16);3H,1H2,2H3;1H2. The molecule has 632 valence electrons. The van der Waals surface area contributed by atoms with Crippen LogP contribution in [0.5, 0.6) is 0 Å². The number of nitro groups is 2. The highest BCUT2D eigenvalue weighted by Crippen LogP contribution is 2.39. The number of nitriles is 3. The van der Waals surface area contributed by atoms with E-state index in [1.807, 2.05) is 137 Å². The monoisotopic (exact) mass is 1770 g/mol. The van der Waals surface area contributed by atoms with Crippen molar-refractivity contribution >= 4 is 130 Å². The molecular weight excluding hydrogens is 1700 g/mol. The quantitative estimate of drug-likeness (QED) is 0.00847. The Morgan fingerprint density at radius 1 is 0.408 bits per heavy atom. The van der Waals surface area contributed by atoms with Gasteiger partial charge in [-0.3, -0.25) is 47.6 Å².